The summed E-state index contributed by atoms with van der Waals surface area (Å²) in [6.45, 7) is 3.81. The van der Waals surface area contributed by atoms with Crippen molar-refractivity contribution in [1.82, 2.24) is 15.0 Å². The highest BCUT2D eigenvalue weighted by Gasteiger charge is 2.30. The van der Waals surface area contributed by atoms with E-state index in [0.29, 0.717) is 36.4 Å². The molecule has 0 radical (unpaired) electrons. The molecular formula is C23H21FN4O3. The maximum atomic E-state index is 13.8. The Kier molecular flexibility index (Phi) is 4.89. The maximum Gasteiger partial charge on any atom is 0.295 e. The van der Waals surface area contributed by atoms with Crippen LogP contribution in [0.3, 0.4) is 0 Å². The first-order chi connectivity index (χ1) is 15.1. The van der Waals surface area contributed by atoms with Crippen molar-refractivity contribution in [2.45, 2.75) is 13.3 Å². The molecule has 158 valence electrons. The lowest BCUT2D eigenvalue weighted by atomic mass is 10.1. The first-order valence-electron chi connectivity index (χ1n) is 10.2. The summed E-state index contributed by atoms with van der Waals surface area (Å²) in [5.74, 6) is -0.302. The molecule has 5 rings (SSSR count). The first kappa shape index (κ1) is 19.3. The van der Waals surface area contributed by atoms with E-state index in [4.69, 9.17) is 8.94 Å². The fraction of sp³-hybridized carbons (Fsp3) is 0.261. The number of hydrogen-bond donors (Lipinski definition) is 1. The Hall–Kier alpha value is -3.68. The summed E-state index contributed by atoms with van der Waals surface area (Å²) in [5.41, 5.74) is 3.59. The summed E-state index contributed by atoms with van der Waals surface area (Å²) in [6, 6.07) is 12.8. The number of aromatic nitrogens is 2. The van der Waals surface area contributed by atoms with E-state index in [0.717, 1.165) is 17.5 Å². The summed E-state index contributed by atoms with van der Waals surface area (Å²) in [6.07, 6.45) is 2.26. The fourth-order valence-electron chi connectivity index (χ4n) is 3.97. The number of fused-ring (bicyclic) bond motifs is 1. The second-order valence-corrected chi connectivity index (χ2v) is 7.84. The number of halogens is 1. The molecular weight excluding hydrogens is 399 g/mol. The largest absolute Gasteiger partial charge is 0.420 e. The van der Waals surface area contributed by atoms with Crippen molar-refractivity contribution in [3.05, 3.63) is 65.7 Å². The highest BCUT2D eigenvalue weighted by Crippen LogP contribution is 2.27. The van der Waals surface area contributed by atoms with Crippen LogP contribution >= 0.6 is 0 Å². The number of nitrogens with zero attached hydrogens (tertiary/aromatic N) is 3. The molecule has 0 spiro atoms. The SMILES string of the molecule is Cc1cccc(-c2nocc2C(=O)N2CCC(CNc3nc4cccc(F)c4o3)C2)c1. The van der Waals surface area contributed by atoms with Crippen molar-refractivity contribution < 1.29 is 18.1 Å². The van der Waals surface area contributed by atoms with Gasteiger partial charge in [0.25, 0.3) is 11.9 Å². The number of oxazole rings is 1. The number of likely N-dealkylation sites (tertiary alicyclic amines) is 1. The number of anilines is 1. The smallest absolute Gasteiger partial charge is 0.295 e. The molecule has 1 saturated heterocycles. The van der Waals surface area contributed by atoms with Gasteiger partial charge in [0.15, 0.2) is 11.4 Å². The molecule has 1 N–H and O–H groups in total. The van der Waals surface area contributed by atoms with Crippen LogP contribution in [0.2, 0.25) is 0 Å². The Labute approximate surface area is 177 Å². The molecule has 0 saturated carbocycles. The van der Waals surface area contributed by atoms with Crippen LogP contribution in [-0.4, -0.2) is 40.6 Å². The third-order valence-corrected chi connectivity index (χ3v) is 5.57. The van der Waals surface area contributed by atoms with Crippen molar-refractivity contribution >= 4 is 23.0 Å². The molecule has 3 heterocycles. The lowest BCUT2D eigenvalue weighted by Crippen LogP contribution is -2.29. The van der Waals surface area contributed by atoms with E-state index in [1.807, 2.05) is 36.1 Å². The summed E-state index contributed by atoms with van der Waals surface area (Å²) >= 11 is 0. The number of carbonyl (C=O) groups excluding carboxylic acids is 1. The van der Waals surface area contributed by atoms with Crippen molar-refractivity contribution in [3.8, 4) is 11.3 Å². The molecule has 0 bridgehead atoms. The molecule has 7 nitrogen and oxygen atoms in total. The number of rotatable bonds is 5. The van der Waals surface area contributed by atoms with E-state index in [1.54, 1.807) is 12.1 Å². The van der Waals surface area contributed by atoms with Gasteiger partial charge in [0.05, 0.1) is 0 Å². The molecule has 1 unspecified atom stereocenters. The molecule has 1 aliphatic rings. The van der Waals surface area contributed by atoms with Crippen LogP contribution in [0.1, 0.15) is 22.3 Å². The van der Waals surface area contributed by atoms with Crippen LogP contribution in [0, 0.1) is 18.7 Å². The summed E-state index contributed by atoms with van der Waals surface area (Å²) in [5, 5.41) is 7.18. The van der Waals surface area contributed by atoms with Gasteiger partial charge in [0, 0.05) is 25.2 Å². The number of benzene rings is 2. The molecule has 1 fully saturated rings. The quantitative estimate of drug-likeness (QED) is 0.512. The van der Waals surface area contributed by atoms with Crippen LogP contribution in [0.4, 0.5) is 10.4 Å². The third-order valence-electron chi connectivity index (χ3n) is 5.57. The second kappa shape index (κ2) is 7.86. The minimum absolute atomic E-state index is 0.0933. The molecule has 1 aliphatic heterocycles. The van der Waals surface area contributed by atoms with Gasteiger partial charge in [-0.15, -0.1) is 0 Å². The lowest BCUT2D eigenvalue weighted by molar-refractivity contribution is 0.0788. The Bertz CT molecular complexity index is 1250. The normalized spacial score (nSPS) is 16.2. The molecule has 1 atom stereocenters. The minimum atomic E-state index is -0.436. The van der Waals surface area contributed by atoms with Crippen molar-refractivity contribution in [2.75, 3.05) is 25.0 Å². The Morgan fingerprint density at radius 1 is 1.29 bits per heavy atom. The molecule has 2 aromatic heterocycles. The highest BCUT2D eigenvalue weighted by molar-refractivity contribution is 5.99. The molecule has 4 aromatic rings. The van der Waals surface area contributed by atoms with E-state index < -0.39 is 5.82 Å². The zero-order valence-corrected chi connectivity index (χ0v) is 17.0. The number of nitrogens with one attached hydrogen (secondary N) is 1. The topological polar surface area (TPSA) is 84.4 Å². The molecule has 31 heavy (non-hydrogen) atoms. The van der Waals surface area contributed by atoms with Crippen molar-refractivity contribution in [1.29, 1.82) is 0 Å². The number of hydrogen-bond acceptors (Lipinski definition) is 6. The van der Waals surface area contributed by atoms with Gasteiger partial charge in [0.2, 0.25) is 0 Å². The zero-order valence-electron chi connectivity index (χ0n) is 17.0. The van der Waals surface area contributed by atoms with Gasteiger partial charge >= 0.3 is 0 Å². The van der Waals surface area contributed by atoms with E-state index in [-0.39, 0.29) is 23.4 Å². The number of para-hydroxylation sites is 1. The average Bonchev–Trinajstić information content (AvgIpc) is 3.51. The lowest BCUT2D eigenvalue weighted by Gasteiger charge is -2.16. The van der Waals surface area contributed by atoms with Crippen molar-refractivity contribution in [3.63, 3.8) is 0 Å². The van der Waals surface area contributed by atoms with Gasteiger partial charge in [-0.3, -0.25) is 4.79 Å². The molecule has 8 heteroatoms. The van der Waals surface area contributed by atoms with Crippen LogP contribution in [-0.2, 0) is 0 Å². The monoisotopic (exact) mass is 420 g/mol. The maximum absolute atomic E-state index is 13.8. The van der Waals surface area contributed by atoms with E-state index in [1.165, 1.54) is 12.3 Å². The predicted molar refractivity (Wildman–Crippen MR) is 113 cm³/mol. The van der Waals surface area contributed by atoms with Crippen LogP contribution < -0.4 is 5.32 Å². The number of aryl methyl sites for hydroxylation is 1. The van der Waals surface area contributed by atoms with Gasteiger partial charge in [-0.25, -0.2) is 4.39 Å². The van der Waals surface area contributed by atoms with Gasteiger partial charge in [0.1, 0.15) is 23.0 Å². The zero-order chi connectivity index (χ0) is 21.4. The van der Waals surface area contributed by atoms with Crippen LogP contribution in [0.5, 0.6) is 0 Å². The number of amides is 1. The number of carbonyl (C=O) groups is 1. The van der Waals surface area contributed by atoms with Gasteiger partial charge in [-0.1, -0.05) is 35.0 Å². The average molecular weight is 420 g/mol. The third kappa shape index (κ3) is 3.76. The second-order valence-electron chi connectivity index (χ2n) is 7.84. The Balaban J connectivity index is 1.24. The van der Waals surface area contributed by atoms with E-state index in [9.17, 15) is 9.18 Å². The van der Waals surface area contributed by atoms with Crippen molar-refractivity contribution in [2.24, 2.45) is 5.92 Å². The standard InChI is InChI=1S/C23H21FN4O3/c1-14-4-2-5-16(10-14)20-17(13-30-27-20)22(29)28-9-8-15(12-28)11-25-23-26-19-7-3-6-18(24)21(19)31-23/h2-7,10,13,15H,8-9,11-12H2,1H3,(H,25,26). The first-order valence-corrected chi connectivity index (χ1v) is 10.2. The van der Waals surface area contributed by atoms with E-state index >= 15 is 0 Å². The summed E-state index contributed by atoms with van der Waals surface area (Å²) in [7, 11) is 0. The highest BCUT2D eigenvalue weighted by atomic mass is 19.1. The molecule has 1 amide bonds. The fourth-order valence-corrected chi connectivity index (χ4v) is 3.97. The molecule has 2 aromatic carbocycles. The van der Waals surface area contributed by atoms with Gasteiger partial charge in [-0.2, -0.15) is 4.98 Å². The summed E-state index contributed by atoms with van der Waals surface area (Å²) in [4.78, 5) is 19.2. The predicted octanol–water partition coefficient (Wildman–Crippen LogP) is 4.50. The van der Waals surface area contributed by atoms with Gasteiger partial charge < -0.3 is 19.2 Å². The van der Waals surface area contributed by atoms with E-state index in [2.05, 4.69) is 15.5 Å². The molecule has 0 aliphatic carbocycles. The van der Waals surface area contributed by atoms with Crippen LogP contribution in [0.15, 0.2) is 57.7 Å². The van der Waals surface area contributed by atoms with Gasteiger partial charge in [-0.05, 0) is 37.5 Å². The Morgan fingerprint density at radius 2 is 2.16 bits per heavy atom. The van der Waals surface area contributed by atoms with Crippen LogP contribution in [0.25, 0.3) is 22.4 Å². The minimum Gasteiger partial charge on any atom is -0.420 e. The summed E-state index contributed by atoms with van der Waals surface area (Å²) < 4.78 is 24.4. The Morgan fingerprint density at radius 3 is 3.00 bits per heavy atom.